The number of urea groups is 1. The summed E-state index contributed by atoms with van der Waals surface area (Å²) < 4.78 is 19.6. The van der Waals surface area contributed by atoms with E-state index >= 15 is 0 Å². The number of aryl methyl sites for hydroxylation is 2. The van der Waals surface area contributed by atoms with Crippen LogP contribution >= 0.6 is 11.6 Å². The Balaban J connectivity index is 0.878. The summed E-state index contributed by atoms with van der Waals surface area (Å²) in [6, 6.07) is 25.1. The van der Waals surface area contributed by atoms with Gasteiger partial charge in [0.2, 0.25) is 0 Å². The first kappa shape index (κ1) is 36.1. The number of piperidine rings is 2. The lowest BCUT2D eigenvalue weighted by Crippen LogP contribution is -2.49. The summed E-state index contributed by atoms with van der Waals surface area (Å²) in [6.07, 6.45) is 8.76. The number of rotatable bonds is 10. The molecule has 272 valence electrons. The first-order valence-corrected chi connectivity index (χ1v) is 19.1. The van der Waals surface area contributed by atoms with E-state index < -0.39 is 0 Å². The van der Waals surface area contributed by atoms with Crippen molar-refractivity contribution in [2.24, 2.45) is 0 Å². The number of aromatic nitrogens is 1. The number of hydrogen-bond acceptors (Lipinski definition) is 5. The molecule has 1 aliphatic carbocycles. The summed E-state index contributed by atoms with van der Waals surface area (Å²) in [5.74, 6) is 0.567. The van der Waals surface area contributed by atoms with E-state index in [9.17, 15) is 9.18 Å². The molecule has 0 unspecified atom stereocenters. The van der Waals surface area contributed by atoms with Crippen LogP contribution in [-0.4, -0.2) is 78.1 Å². The zero-order valence-corrected chi connectivity index (χ0v) is 30.9. The predicted octanol–water partition coefficient (Wildman–Crippen LogP) is 8.15. The summed E-state index contributed by atoms with van der Waals surface area (Å²) in [7, 11) is 2.11. The van der Waals surface area contributed by atoms with E-state index in [1.54, 1.807) is 12.1 Å². The maximum absolute atomic E-state index is 13.5. The molecule has 0 atom stereocenters. The lowest BCUT2D eigenvalue weighted by atomic mass is 9.88. The molecule has 9 heteroatoms. The number of benzene rings is 3. The second-order valence-electron chi connectivity index (χ2n) is 14.4. The molecule has 1 N–H and O–H groups in total. The average Bonchev–Trinajstić information content (AvgIpc) is 3.33. The average molecular weight is 722 g/mol. The molecule has 7 nitrogen and oxygen atoms in total. The number of carbonyl (C=O) groups is 1. The molecule has 0 radical (unpaired) electrons. The van der Waals surface area contributed by atoms with E-state index in [0.717, 1.165) is 105 Å². The quantitative estimate of drug-likeness (QED) is 0.168. The van der Waals surface area contributed by atoms with Gasteiger partial charge in [-0.25, -0.2) is 9.18 Å². The van der Waals surface area contributed by atoms with Crippen molar-refractivity contribution in [1.29, 1.82) is 0 Å². The number of carbonyl (C=O) groups excluding carboxylic acids is 1. The van der Waals surface area contributed by atoms with Crippen LogP contribution in [0.2, 0.25) is 5.02 Å². The van der Waals surface area contributed by atoms with Gasteiger partial charge in [0.15, 0.2) is 0 Å². The SMILES string of the molecule is CN1CCC(N(Cc2ccc(F)cc2)C(=O)NCc2ccc(OCCCN3CCC(=C4c5ccc(Cl)cc5CCc5cccnc54)CC3)cc2)CC1. The van der Waals surface area contributed by atoms with Crippen molar-refractivity contribution in [2.45, 2.75) is 64.1 Å². The summed E-state index contributed by atoms with van der Waals surface area (Å²) in [4.78, 5) is 25.1. The molecule has 2 fully saturated rings. The normalized spacial score (nSPS) is 16.9. The Kier molecular flexibility index (Phi) is 11.9. The van der Waals surface area contributed by atoms with Gasteiger partial charge in [0, 0.05) is 55.6 Å². The molecule has 52 heavy (non-hydrogen) atoms. The van der Waals surface area contributed by atoms with Gasteiger partial charge >= 0.3 is 6.03 Å². The maximum atomic E-state index is 13.5. The molecule has 2 saturated heterocycles. The Morgan fingerprint density at radius 2 is 1.65 bits per heavy atom. The fourth-order valence-electron chi connectivity index (χ4n) is 7.85. The van der Waals surface area contributed by atoms with Crippen LogP contribution in [-0.2, 0) is 25.9 Å². The van der Waals surface area contributed by atoms with Crippen LogP contribution in [0.15, 0.2) is 90.6 Å². The van der Waals surface area contributed by atoms with Crippen molar-refractivity contribution in [3.63, 3.8) is 0 Å². The topological polar surface area (TPSA) is 60.9 Å². The highest BCUT2D eigenvalue weighted by Crippen LogP contribution is 2.38. The number of fused-ring (bicyclic) bond motifs is 2. The minimum Gasteiger partial charge on any atom is -0.494 e. The number of likely N-dealkylation sites (tertiary alicyclic amines) is 2. The third-order valence-corrected chi connectivity index (χ3v) is 11.1. The maximum Gasteiger partial charge on any atom is 0.318 e. The van der Waals surface area contributed by atoms with Crippen molar-refractivity contribution in [3.05, 3.63) is 135 Å². The van der Waals surface area contributed by atoms with Crippen molar-refractivity contribution in [3.8, 4) is 5.75 Å². The molecule has 3 aliphatic rings. The molecule has 3 heterocycles. The van der Waals surface area contributed by atoms with E-state index in [2.05, 4.69) is 40.4 Å². The van der Waals surface area contributed by atoms with Crippen molar-refractivity contribution in [2.75, 3.05) is 46.4 Å². The number of nitrogens with zero attached hydrogens (tertiary/aromatic N) is 4. The zero-order chi connectivity index (χ0) is 35.9. The monoisotopic (exact) mass is 721 g/mol. The Morgan fingerprint density at radius 1 is 0.923 bits per heavy atom. The lowest BCUT2D eigenvalue weighted by Gasteiger charge is -2.37. The van der Waals surface area contributed by atoms with E-state index in [4.69, 9.17) is 21.3 Å². The summed E-state index contributed by atoms with van der Waals surface area (Å²) in [5, 5.41) is 3.92. The van der Waals surface area contributed by atoms with Crippen molar-refractivity contribution >= 4 is 23.2 Å². The number of hydrogen-bond donors (Lipinski definition) is 1. The van der Waals surface area contributed by atoms with E-state index in [1.807, 2.05) is 47.5 Å². The van der Waals surface area contributed by atoms with Crippen LogP contribution in [0.4, 0.5) is 9.18 Å². The highest BCUT2D eigenvalue weighted by atomic mass is 35.5. The van der Waals surface area contributed by atoms with Crippen LogP contribution in [0.3, 0.4) is 0 Å². The smallest absolute Gasteiger partial charge is 0.318 e. The molecule has 0 bridgehead atoms. The summed E-state index contributed by atoms with van der Waals surface area (Å²) in [6.45, 7) is 6.51. The van der Waals surface area contributed by atoms with E-state index in [0.29, 0.717) is 19.7 Å². The summed E-state index contributed by atoms with van der Waals surface area (Å²) >= 11 is 6.41. The van der Waals surface area contributed by atoms with Crippen LogP contribution in [0, 0.1) is 5.82 Å². The fourth-order valence-corrected chi connectivity index (χ4v) is 8.05. The number of halogens is 2. The number of amides is 2. The largest absolute Gasteiger partial charge is 0.494 e. The Bertz CT molecular complexity index is 1850. The molecule has 4 aromatic rings. The minimum atomic E-state index is -0.269. The molecule has 3 aromatic carbocycles. The third-order valence-electron chi connectivity index (χ3n) is 10.9. The molecular weight excluding hydrogens is 673 g/mol. The highest BCUT2D eigenvalue weighted by molar-refractivity contribution is 6.30. The lowest BCUT2D eigenvalue weighted by molar-refractivity contribution is 0.127. The van der Waals surface area contributed by atoms with Crippen molar-refractivity contribution in [1.82, 2.24) is 25.0 Å². The summed E-state index contributed by atoms with van der Waals surface area (Å²) in [5.41, 5.74) is 9.84. The van der Waals surface area contributed by atoms with E-state index in [-0.39, 0.29) is 17.9 Å². The Labute approximate surface area is 312 Å². The number of pyridine rings is 1. The van der Waals surface area contributed by atoms with E-state index in [1.165, 1.54) is 40.0 Å². The van der Waals surface area contributed by atoms with Crippen LogP contribution in [0.1, 0.15) is 65.6 Å². The van der Waals surface area contributed by atoms with Gasteiger partial charge < -0.3 is 24.8 Å². The molecular formula is C43H49ClFN5O2. The van der Waals surface area contributed by atoms with Gasteiger partial charge in [0.05, 0.1) is 12.3 Å². The minimum absolute atomic E-state index is 0.0920. The molecule has 7 rings (SSSR count). The van der Waals surface area contributed by atoms with Gasteiger partial charge in [0.25, 0.3) is 0 Å². The molecule has 2 amide bonds. The second-order valence-corrected chi connectivity index (χ2v) is 14.9. The van der Waals surface area contributed by atoms with Crippen LogP contribution < -0.4 is 10.1 Å². The number of ether oxygens (including phenoxy) is 1. The van der Waals surface area contributed by atoms with Gasteiger partial charge in [0.1, 0.15) is 11.6 Å². The predicted molar refractivity (Wildman–Crippen MR) is 206 cm³/mol. The Hall–Kier alpha value is -4.24. The van der Waals surface area contributed by atoms with Gasteiger partial charge in [-0.3, -0.25) is 4.98 Å². The Morgan fingerprint density at radius 3 is 2.42 bits per heavy atom. The first-order chi connectivity index (χ1) is 25.4. The third kappa shape index (κ3) is 9.03. The zero-order valence-electron chi connectivity index (χ0n) is 30.1. The molecule has 2 aliphatic heterocycles. The van der Waals surface area contributed by atoms with Gasteiger partial charge in [-0.1, -0.05) is 53.6 Å². The highest BCUT2D eigenvalue weighted by Gasteiger charge is 2.28. The van der Waals surface area contributed by atoms with Crippen LogP contribution in [0.5, 0.6) is 5.75 Å². The van der Waals surface area contributed by atoms with Gasteiger partial charge in [-0.2, -0.15) is 0 Å². The second kappa shape index (κ2) is 17.1. The molecule has 0 saturated carbocycles. The standard InChI is InChI=1S/C43H49ClFN5O2/c1-48-23-19-38(20-24-48)50(30-32-5-12-37(45)13-6-32)43(51)47-29-31-7-14-39(15-8-31)52-27-3-22-49-25-17-33(18-26-49)41-40-16-11-36(44)28-35(40)10-9-34-4-2-21-46-42(34)41/h2,4-8,11-16,21,28,38H,3,9-10,17-20,22-27,29-30H2,1H3,(H,47,51). The van der Waals surface area contributed by atoms with Crippen LogP contribution in [0.25, 0.3) is 5.57 Å². The molecule has 0 spiro atoms. The van der Waals surface area contributed by atoms with Gasteiger partial charge in [-0.15, -0.1) is 0 Å². The fraction of sp³-hybridized carbons (Fsp3) is 0.395. The number of nitrogens with one attached hydrogen (secondary N) is 1. The first-order valence-electron chi connectivity index (χ1n) is 18.8. The molecule has 1 aromatic heterocycles. The van der Waals surface area contributed by atoms with Gasteiger partial charge in [-0.05, 0) is 135 Å². The van der Waals surface area contributed by atoms with Crippen molar-refractivity contribution < 1.29 is 13.9 Å².